The summed E-state index contributed by atoms with van der Waals surface area (Å²) in [6.45, 7) is 1.95. The van der Waals surface area contributed by atoms with E-state index in [0.29, 0.717) is 5.88 Å². The van der Waals surface area contributed by atoms with Crippen LogP contribution in [0.3, 0.4) is 0 Å². The Kier molecular flexibility index (Phi) is 3.70. The molecule has 0 aliphatic heterocycles. The molecule has 1 aromatic carbocycles. The SMILES string of the molecule is C[C@@H](N)c1ccc(Oc2ccc3c(c2)CCCC3)nc1. The van der Waals surface area contributed by atoms with Gasteiger partial charge in [0.25, 0.3) is 0 Å². The molecule has 1 aliphatic carbocycles. The lowest BCUT2D eigenvalue weighted by molar-refractivity contribution is 0.460. The molecule has 0 fully saturated rings. The molecule has 0 spiro atoms. The zero-order valence-electron chi connectivity index (χ0n) is 11.8. The highest BCUT2D eigenvalue weighted by Gasteiger charge is 2.10. The van der Waals surface area contributed by atoms with Gasteiger partial charge in [0.1, 0.15) is 5.75 Å². The second kappa shape index (κ2) is 5.63. The van der Waals surface area contributed by atoms with Crippen LogP contribution in [-0.2, 0) is 12.8 Å². The second-order valence-electron chi connectivity index (χ2n) is 5.46. The first-order valence-electron chi connectivity index (χ1n) is 7.23. The Hall–Kier alpha value is -1.87. The summed E-state index contributed by atoms with van der Waals surface area (Å²) in [6, 6.07) is 10.2. The van der Waals surface area contributed by atoms with Gasteiger partial charge in [-0.05, 0) is 61.4 Å². The topological polar surface area (TPSA) is 48.1 Å². The number of aromatic nitrogens is 1. The van der Waals surface area contributed by atoms with Crippen LogP contribution in [0, 0.1) is 0 Å². The Labute approximate surface area is 119 Å². The summed E-state index contributed by atoms with van der Waals surface area (Å²) in [5, 5.41) is 0. The average molecular weight is 268 g/mol. The van der Waals surface area contributed by atoms with Crippen molar-refractivity contribution in [1.82, 2.24) is 4.98 Å². The summed E-state index contributed by atoms with van der Waals surface area (Å²) in [5.41, 5.74) is 9.71. The number of rotatable bonds is 3. The van der Waals surface area contributed by atoms with Gasteiger partial charge >= 0.3 is 0 Å². The lowest BCUT2D eigenvalue weighted by atomic mass is 9.92. The molecular weight excluding hydrogens is 248 g/mol. The van der Waals surface area contributed by atoms with E-state index in [2.05, 4.69) is 17.1 Å². The van der Waals surface area contributed by atoms with Gasteiger partial charge < -0.3 is 10.5 Å². The third kappa shape index (κ3) is 2.83. The predicted octanol–water partition coefficient (Wildman–Crippen LogP) is 3.77. The molecule has 3 nitrogen and oxygen atoms in total. The normalized spacial score (nSPS) is 15.5. The first-order valence-corrected chi connectivity index (χ1v) is 7.23. The van der Waals surface area contributed by atoms with Gasteiger partial charge in [-0.2, -0.15) is 0 Å². The summed E-state index contributed by atoms with van der Waals surface area (Å²) in [6.07, 6.45) is 6.70. The molecule has 0 unspecified atom stereocenters. The van der Waals surface area contributed by atoms with Gasteiger partial charge in [0.2, 0.25) is 5.88 Å². The van der Waals surface area contributed by atoms with Crippen LogP contribution in [-0.4, -0.2) is 4.98 Å². The standard InChI is InChI=1S/C17H20N2O/c1-12(18)15-7-9-17(19-11-15)20-16-8-6-13-4-2-3-5-14(13)10-16/h6-12H,2-5,18H2,1H3/t12-/m1/s1. The summed E-state index contributed by atoms with van der Waals surface area (Å²) in [7, 11) is 0. The molecule has 1 aromatic heterocycles. The molecule has 0 amide bonds. The van der Waals surface area contributed by atoms with Gasteiger partial charge in [-0.15, -0.1) is 0 Å². The number of hydrogen-bond acceptors (Lipinski definition) is 3. The molecule has 2 aromatic rings. The summed E-state index contributed by atoms with van der Waals surface area (Å²) < 4.78 is 5.83. The molecule has 1 aliphatic rings. The fourth-order valence-electron chi connectivity index (χ4n) is 2.62. The van der Waals surface area contributed by atoms with Crippen molar-refractivity contribution < 1.29 is 4.74 Å². The molecule has 3 rings (SSSR count). The lowest BCUT2D eigenvalue weighted by Crippen LogP contribution is -2.05. The van der Waals surface area contributed by atoms with Crippen LogP contribution in [0.5, 0.6) is 11.6 Å². The number of nitrogens with two attached hydrogens (primary N) is 1. The average Bonchev–Trinajstić information content (AvgIpc) is 2.48. The van der Waals surface area contributed by atoms with Crippen molar-refractivity contribution in [2.75, 3.05) is 0 Å². The molecule has 0 saturated heterocycles. The Balaban J connectivity index is 1.77. The molecule has 20 heavy (non-hydrogen) atoms. The third-order valence-electron chi connectivity index (χ3n) is 3.83. The smallest absolute Gasteiger partial charge is 0.219 e. The van der Waals surface area contributed by atoms with Crippen molar-refractivity contribution in [2.24, 2.45) is 5.73 Å². The Bertz CT molecular complexity index is 590. The van der Waals surface area contributed by atoms with Crippen LogP contribution in [0.1, 0.15) is 42.5 Å². The number of pyridine rings is 1. The van der Waals surface area contributed by atoms with E-state index in [0.717, 1.165) is 17.7 Å². The molecular formula is C17H20N2O. The van der Waals surface area contributed by atoms with E-state index in [4.69, 9.17) is 10.5 Å². The third-order valence-corrected chi connectivity index (χ3v) is 3.83. The lowest BCUT2D eigenvalue weighted by Gasteiger charge is -2.16. The van der Waals surface area contributed by atoms with Crippen molar-refractivity contribution >= 4 is 0 Å². The maximum atomic E-state index is 5.83. The molecule has 1 atom stereocenters. The Morgan fingerprint density at radius 1 is 1.10 bits per heavy atom. The predicted molar refractivity (Wildman–Crippen MR) is 80.0 cm³/mol. The number of fused-ring (bicyclic) bond motifs is 1. The first kappa shape index (κ1) is 13.1. The number of ether oxygens (including phenoxy) is 1. The molecule has 0 radical (unpaired) electrons. The van der Waals surface area contributed by atoms with Crippen molar-refractivity contribution in [1.29, 1.82) is 0 Å². The Morgan fingerprint density at radius 3 is 2.60 bits per heavy atom. The van der Waals surface area contributed by atoms with E-state index in [1.165, 1.54) is 30.4 Å². The summed E-state index contributed by atoms with van der Waals surface area (Å²) in [4.78, 5) is 4.31. The van der Waals surface area contributed by atoms with Gasteiger partial charge in [-0.1, -0.05) is 12.1 Å². The monoisotopic (exact) mass is 268 g/mol. The van der Waals surface area contributed by atoms with Gasteiger partial charge in [0.05, 0.1) is 0 Å². The molecule has 1 heterocycles. The first-order chi connectivity index (χ1) is 9.72. The van der Waals surface area contributed by atoms with E-state index in [9.17, 15) is 0 Å². The van der Waals surface area contributed by atoms with Crippen LogP contribution in [0.15, 0.2) is 36.5 Å². The molecule has 0 saturated carbocycles. The number of hydrogen-bond donors (Lipinski definition) is 1. The Morgan fingerprint density at radius 2 is 1.90 bits per heavy atom. The highest BCUT2D eigenvalue weighted by molar-refractivity contribution is 5.38. The van der Waals surface area contributed by atoms with Gasteiger partial charge in [-0.25, -0.2) is 4.98 Å². The van der Waals surface area contributed by atoms with Crippen molar-refractivity contribution in [3.05, 3.63) is 53.2 Å². The quantitative estimate of drug-likeness (QED) is 0.921. The fourth-order valence-corrected chi connectivity index (χ4v) is 2.62. The van der Waals surface area contributed by atoms with Crippen LogP contribution in [0.4, 0.5) is 0 Å². The van der Waals surface area contributed by atoms with Crippen LogP contribution in [0.25, 0.3) is 0 Å². The van der Waals surface area contributed by atoms with E-state index in [1.807, 2.05) is 25.1 Å². The molecule has 0 bridgehead atoms. The number of nitrogens with zero attached hydrogens (tertiary/aromatic N) is 1. The second-order valence-corrected chi connectivity index (χ2v) is 5.46. The number of aryl methyl sites for hydroxylation is 2. The van der Waals surface area contributed by atoms with E-state index >= 15 is 0 Å². The molecule has 2 N–H and O–H groups in total. The van der Waals surface area contributed by atoms with Gasteiger partial charge in [-0.3, -0.25) is 0 Å². The largest absolute Gasteiger partial charge is 0.439 e. The minimum atomic E-state index is 0.000273. The zero-order chi connectivity index (χ0) is 13.9. The highest BCUT2D eigenvalue weighted by Crippen LogP contribution is 2.27. The maximum absolute atomic E-state index is 5.83. The fraction of sp³-hybridized carbons (Fsp3) is 0.353. The van der Waals surface area contributed by atoms with E-state index in [-0.39, 0.29) is 6.04 Å². The zero-order valence-corrected chi connectivity index (χ0v) is 11.8. The maximum Gasteiger partial charge on any atom is 0.219 e. The van der Waals surface area contributed by atoms with E-state index in [1.54, 1.807) is 6.20 Å². The van der Waals surface area contributed by atoms with Gasteiger partial charge in [0, 0.05) is 18.3 Å². The highest BCUT2D eigenvalue weighted by atomic mass is 16.5. The van der Waals surface area contributed by atoms with Gasteiger partial charge in [0.15, 0.2) is 0 Å². The summed E-state index contributed by atoms with van der Waals surface area (Å²) >= 11 is 0. The van der Waals surface area contributed by atoms with Crippen LogP contribution in [0.2, 0.25) is 0 Å². The number of benzene rings is 1. The van der Waals surface area contributed by atoms with Crippen LogP contribution < -0.4 is 10.5 Å². The minimum absolute atomic E-state index is 0.000273. The van der Waals surface area contributed by atoms with Crippen molar-refractivity contribution in [3.8, 4) is 11.6 Å². The molecule has 3 heteroatoms. The van der Waals surface area contributed by atoms with E-state index < -0.39 is 0 Å². The van der Waals surface area contributed by atoms with Crippen molar-refractivity contribution in [2.45, 2.75) is 38.6 Å². The molecule has 104 valence electrons. The summed E-state index contributed by atoms with van der Waals surface area (Å²) in [5.74, 6) is 1.48. The van der Waals surface area contributed by atoms with Crippen LogP contribution >= 0.6 is 0 Å². The van der Waals surface area contributed by atoms with Crippen molar-refractivity contribution in [3.63, 3.8) is 0 Å². The minimum Gasteiger partial charge on any atom is -0.439 e.